The average Bonchev–Trinajstić information content (AvgIpc) is 3.45. The quantitative estimate of drug-likeness (QED) is 0.156. The molecule has 1 heterocycles. The second-order valence-electron chi connectivity index (χ2n) is 8.66. The highest BCUT2D eigenvalue weighted by Gasteiger charge is 2.40. The third-order valence-corrected chi connectivity index (χ3v) is 5.56. The number of ether oxygens (including phenoxy) is 2. The lowest BCUT2D eigenvalue weighted by molar-refractivity contribution is 0.202. The van der Waals surface area contributed by atoms with Gasteiger partial charge in [-0.2, -0.15) is 0 Å². The second kappa shape index (κ2) is 13.8. The van der Waals surface area contributed by atoms with Crippen LogP contribution in [0.2, 0.25) is 0 Å². The molecule has 2 heteroatoms. The van der Waals surface area contributed by atoms with Crippen LogP contribution in [0.5, 0.6) is 5.75 Å². The molecule has 0 bridgehead atoms. The number of hydrogen-bond donors (Lipinski definition) is 0. The summed E-state index contributed by atoms with van der Waals surface area (Å²) in [5.74, 6) is 0.980. The van der Waals surface area contributed by atoms with Crippen LogP contribution in [-0.4, -0.2) is 18.8 Å². The average molecular weight is 387 g/mol. The predicted molar refractivity (Wildman–Crippen MR) is 120 cm³/mol. The summed E-state index contributed by atoms with van der Waals surface area (Å²) in [6.45, 7) is 5.85. The molecule has 0 saturated carbocycles. The zero-order chi connectivity index (χ0) is 19.9. The van der Waals surface area contributed by atoms with E-state index in [0.717, 1.165) is 18.8 Å². The molecule has 0 aliphatic carbocycles. The van der Waals surface area contributed by atoms with Gasteiger partial charge in [0.1, 0.15) is 18.0 Å². The maximum Gasteiger partial charge on any atom is 0.123 e. The van der Waals surface area contributed by atoms with Crippen molar-refractivity contribution in [3.05, 3.63) is 42.0 Å². The molecular weight excluding hydrogens is 344 g/mol. The first kappa shape index (κ1) is 23.0. The summed E-state index contributed by atoms with van der Waals surface area (Å²) in [7, 11) is 0. The SMILES string of the molecule is CCCCC/C=C/CCCCCCCCCc1cccc(OCC2(C)CO2)c1. The molecule has 0 N–H and O–H groups in total. The van der Waals surface area contributed by atoms with Gasteiger partial charge in [-0.05, 0) is 63.1 Å². The molecule has 1 saturated heterocycles. The lowest BCUT2D eigenvalue weighted by Gasteiger charge is -2.10. The second-order valence-corrected chi connectivity index (χ2v) is 8.66. The smallest absolute Gasteiger partial charge is 0.123 e. The first-order valence-electron chi connectivity index (χ1n) is 11.7. The van der Waals surface area contributed by atoms with Crippen molar-refractivity contribution in [1.29, 1.82) is 0 Å². The van der Waals surface area contributed by atoms with Crippen LogP contribution in [0.15, 0.2) is 36.4 Å². The van der Waals surface area contributed by atoms with Gasteiger partial charge in [0, 0.05) is 0 Å². The molecule has 2 nitrogen and oxygen atoms in total. The van der Waals surface area contributed by atoms with Gasteiger partial charge in [0.05, 0.1) is 6.61 Å². The van der Waals surface area contributed by atoms with Gasteiger partial charge >= 0.3 is 0 Å². The molecule has 1 aliphatic heterocycles. The Bertz CT molecular complexity index is 545. The van der Waals surface area contributed by atoms with Crippen molar-refractivity contribution in [2.75, 3.05) is 13.2 Å². The largest absolute Gasteiger partial charge is 0.490 e. The maximum atomic E-state index is 5.87. The molecule has 1 atom stereocenters. The monoisotopic (exact) mass is 386 g/mol. The number of aryl methyl sites for hydroxylation is 1. The molecule has 28 heavy (non-hydrogen) atoms. The normalized spacial score (nSPS) is 18.6. The summed E-state index contributed by atoms with van der Waals surface area (Å²) < 4.78 is 11.2. The minimum Gasteiger partial charge on any atom is -0.490 e. The van der Waals surface area contributed by atoms with Gasteiger partial charge in [-0.3, -0.25) is 0 Å². The van der Waals surface area contributed by atoms with Crippen molar-refractivity contribution in [2.45, 2.75) is 103 Å². The topological polar surface area (TPSA) is 21.8 Å². The number of hydrogen-bond acceptors (Lipinski definition) is 2. The Hall–Kier alpha value is -1.28. The Morgan fingerprint density at radius 2 is 1.57 bits per heavy atom. The molecule has 0 spiro atoms. The molecule has 1 unspecified atom stereocenters. The van der Waals surface area contributed by atoms with Crippen LogP contribution in [0.4, 0.5) is 0 Å². The number of unbranched alkanes of at least 4 members (excludes halogenated alkanes) is 10. The predicted octanol–water partition coefficient (Wildman–Crippen LogP) is 7.65. The Balaban J connectivity index is 1.41. The fraction of sp³-hybridized carbons (Fsp3) is 0.692. The van der Waals surface area contributed by atoms with Gasteiger partial charge in [0.15, 0.2) is 0 Å². The number of benzene rings is 1. The number of rotatable bonds is 17. The first-order chi connectivity index (χ1) is 13.7. The van der Waals surface area contributed by atoms with Crippen LogP contribution in [0, 0.1) is 0 Å². The Morgan fingerprint density at radius 1 is 0.929 bits per heavy atom. The van der Waals surface area contributed by atoms with E-state index in [4.69, 9.17) is 9.47 Å². The third-order valence-electron chi connectivity index (χ3n) is 5.56. The van der Waals surface area contributed by atoms with Crippen LogP contribution in [0.1, 0.15) is 96.5 Å². The molecule has 1 fully saturated rings. The number of epoxide rings is 1. The summed E-state index contributed by atoms with van der Waals surface area (Å²) in [5, 5.41) is 0. The zero-order valence-corrected chi connectivity index (χ0v) is 18.4. The summed E-state index contributed by atoms with van der Waals surface area (Å²) >= 11 is 0. The first-order valence-corrected chi connectivity index (χ1v) is 11.7. The van der Waals surface area contributed by atoms with Gasteiger partial charge in [-0.15, -0.1) is 0 Å². The maximum absolute atomic E-state index is 5.87. The van der Waals surface area contributed by atoms with E-state index >= 15 is 0 Å². The highest BCUT2D eigenvalue weighted by Crippen LogP contribution is 2.27. The van der Waals surface area contributed by atoms with E-state index in [1.54, 1.807) is 0 Å². The molecule has 0 amide bonds. The van der Waals surface area contributed by atoms with Crippen molar-refractivity contribution in [2.24, 2.45) is 0 Å². The molecule has 1 aromatic carbocycles. The van der Waals surface area contributed by atoms with Crippen molar-refractivity contribution < 1.29 is 9.47 Å². The Labute approximate surface area is 173 Å². The molecule has 2 rings (SSSR count). The summed E-state index contributed by atoms with van der Waals surface area (Å²) in [6.07, 6.45) is 22.1. The number of allylic oxidation sites excluding steroid dienone is 2. The van der Waals surface area contributed by atoms with E-state index in [1.807, 2.05) is 0 Å². The molecule has 0 aromatic heterocycles. The van der Waals surface area contributed by atoms with Crippen molar-refractivity contribution >= 4 is 0 Å². The zero-order valence-electron chi connectivity index (χ0n) is 18.4. The van der Waals surface area contributed by atoms with Crippen molar-refractivity contribution in [3.8, 4) is 5.75 Å². The van der Waals surface area contributed by atoms with Crippen LogP contribution < -0.4 is 4.74 Å². The molecule has 158 valence electrons. The fourth-order valence-electron chi connectivity index (χ4n) is 3.46. The Morgan fingerprint density at radius 3 is 2.25 bits per heavy atom. The lowest BCUT2D eigenvalue weighted by atomic mass is 10.0. The summed E-state index contributed by atoms with van der Waals surface area (Å²) in [5.41, 5.74) is 1.35. The standard InChI is InChI=1S/C26H42O2/c1-3-4-5-6-7-8-9-10-11-12-13-14-15-16-18-24-19-17-20-25(21-24)27-22-26(2)23-28-26/h7-8,17,19-21H,3-6,9-16,18,22-23H2,1-2H3/b8-7+. The Kier molecular flexibility index (Phi) is 11.4. The van der Waals surface area contributed by atoms with Crippen molar-refractivity contribution in [1.82, 2.24) is 0 Å². The molecule has 1 aromatic rings. The summed E-state index contributed by atoms with van der Waals surface area (Å²) in [6, 6.07) is 8.58. The highest BCUT2D eigenvalue weighted by atomic mass is 16.6. The van der Waals surface area contributed by atoms with Gasteiger partial charge in [-0.25, -0.2) is 0 Å². The van der Waals surface area contributed by atoms with Gasteiger partial charge in [0.25, 0.3) is 0 Å². The van der Waals surface area contributed by atoms with Crippen LogP contribution in [0.25, 0.3) is 0 Å². The third kappa shape index (κ3) is 10.9. The van der Waals surface area contributed by atoms with E-state index in [2.05, 4.69) is 50.3 Å². The molecular formula is C26H42O2. The van der Waals surface area contributed by atoms with Gasteiger partial charge in [-0.1, -0.05) is 76.2 Å². The minimum absolute atomic E-state index is 0.0407. The van der Waals surface area contributed by atoms with Crippen LogP contribution >= 0.6 is 0 Å². The van der Waals surface area contributed by atoms with E-state index in [0.29, 0.717) is 6.61 Å². The van der Waals surface area contributed by atoms with E-state index in [9.17, 15) is 0 Å². The summed E-state index contributed by atoms with van der Waals surface area (Å²) in [4.78, 5) is 0. The molecule has 1 aliphatic rings. The molecule has 0 radical (unpaired) electrons. The fourth-order valence-corrected chi connectivity index (χ4v) is 3.46. The van der Waals surface area contributed by atoms with E-state index < -0.39 is 0 Å². The van der Waals surface area contributed by atoms with E-state index in [-0.39, 0.29) is 5.60 Å². The van der Waals surface area contributed by atoms with E-state index in [1.165, 1.54) is 82.6 Å². The lowest BCUT2D eigenvalue weighted by Crippen LogP contribution is -2.16. The van der Waals surface area contributed by atoms with Crippen molar-refractivity contribution in [3.63, 3.8) is 0 Å². The van der Waals surface area contributed by atoms with Gasteiger partial charge in [0.2, 0.25) is 0 Å². The van der Waals surface area contributed by atoms with Crippen LogP contribution in [0.3, 0.4) is 0 Å². The van der Waals surface area contributed by atoms with Crippen LogP contribution in [-0.2, 0) is 11.2 Å². The minimum atomic E-state index is -0.0407. The highest BCUT2D eigenvalue weighted by molar-refractivity contribution is 5.28. The van der Waals surface area contributed by atoms with Gasteiger partial charge < -0.3 is 9.47 Å².